The number of urea groups is 1. The molecule has 9 heteroatoms. The number of nitrogens with one attached hydrogen (secondary N) is 2. The van der Waals surface area contributed by atoms with Crippen LogP contribution in [0.3, 0.4) is 0 Å². The minimum atomic E-state index is -4.07. The van der Waals surface area contributed by atoms with E-state index in [1.807, 2.05) is 0 Å². The Morgan fingerprint density at radius 2 is 1.56 bits per heavy atom. The average Bonchev–Trinajstić information content (AvgIpc) is 3.46. The molecule has 168 valence electrons. The van der Waals surface area contributed by atoms with Crippen LogP contribution in [0.25, 0.3) is 0 Å². The molecule has 2 amide bonds. The number of carbonyl (C=O) groups excluding carboxylic acids is 2. The van der Waals surface area contributed by atoms with Crippen molar-refractivity contribution in [3.8, 4) is 11.5 Å². The number of carbonyl (C=O) groups is 2. The molecular weight excluding hydrogens is 432 g/mol. The summed E-state index contributed by atoms with van der Waals surface area (Å²) in [7, 11) is -4.07. The SMILES string of the molecule is CC(=O)c1cc2c(cc1CS(=O)(=O)NC(=O)Nc1c3c(cc4c1CCC4)CCC3)OCO2. The van der Waals surface area contributed by atoms with Crippen LogP contribution < -0.4 is 19.5 Å². The van der Waals surface area contributed by atoms with Gasteiger partial charge in [-0.25, -0.2) is 17.9 Å². The zero-order valence-electron chi connectivity index (χ0n) is 17.7. The van der Waals surface area contributed by atoms with E-state index in [1.165, 1.54) is 30.2 Å². The molecule has 0 spiro atoms. The minimum absolute atomic E-state index is 0.00918. The molecule has 0 bridgehead atoms. The van der Waals surface area contributed by atoms with Gasteiger partial charge in [0.15, 0.2) is 17.3 Å². The van der Waals surface area contributed by atoms with Crippen molar-refractivity contribution in [3.05, 3.63) is 51.6 Å². The summed E-state index contributed by atoms with van der Waals surface area (Å²) >= 11 is 0. The molecule has 2 aromatic rings. The minimum Gasteiger partial charge on any atom is -0.454 e. The third kappa shape index (κ3) is 3.81. The van der Waals surface area contributed by atoms with Crippen LogP contribution in [-0.4, -0.2) is 27.0 Å². The number of Topliss-reactive ketones (excluding diaryl/α,β-unsaturated/α-hetero) is 1. The lowest BCUT2D eigenvalue weighted by Gasteiger charge is -2.17. The van der Waals surface area contributed by atoms with E-state index in [9.17, 15) is 18.0 Å². The van der Waals surface area contributed by atoms with Gasteiger partial charge >= 0.3 is 6.03 Å². The molecule has 0 aromatic heterocycles. The molecule has 3 aliphatic rings. The predicted molar refractivity (Wildman–Crippen MR) is 118 cm³/mol. The maximum absolute atomic E-state index is 12.8. The van der Waals surface area contributed by atoms with Gasteiger partial charge in [0.05, 0.1) is 5.75 Å². The summed E-state index contributed by atoms with van der Waals surface area (Å²) in [6, 6.07) is 4.41. The summed E-state index contributed by atoms with van der Waals surface area (Å²) in [5.41, 5.74) is 5.97. The molecule has 0 radical (unpaired) electrons. The third-order valence-electron chi connectivity index (χ3n) is 6.28. The van der Waals surface area contributed by atoms with E-state index in [1.54, 1.807) is 0 Å². The fraction of sp³-hybridized carbons (Fsp3) is 0.391. The van der Waals surface area contributed by atoms with Crippen LogP contribution in [0.1, 0.15) is 57.9 Å². The summed E-state index contributed by atoms with van der Waals surface area (Å²) < 4.78 is 38.3. The first-order valence-corrected chi connectivity index (χ1v) is 12.4. The van der Waals surface area contributed by atoms with Gasteiger partial charge in [-0.1, -0.05) is 6.07 Å². The molecule has 0 saturated carbocycles. The van der Waals surface area contributed by atoms with Crippen LogP contribution in [0, 0.1) is 0 Å². The molecule has 32 heavy (non-hydrogen) atoms. The van der Waals surface area contributed by atoms with E-state index < -0.39 is 21.8 Å². The highest BCUT2D eigenvalue weighted by molar-refractivity contribution is 7.89. The first-order valence-electron chi connectivity index (χ1n) is 10.7. The number of sulfonamides is 1. The number of amides is 2. The normalized spacial score (nSPS) is 15.9. The zero-order valence-corrected chi connectivity index (χ0v) is 18.6. The Bertz CT molecular complexity index is 1220. The molecule has 2 aromatic carbocycles. The van der Waals surface area contributed by atoms with E-state index in [4.69, 9.17) is 9.47 Å². The fourth-order valence-electron chi connectivity index (χ4n) is 4.92. The van der Waals surface area contributed by atoms with Gasteiger partial charge in [-0.05, 0) is 85.4 Å². The van der Waals surface area contributed by atoms with Crippen LogP contribution in [-0.2, 0) is 41.5 Å². The van der Waals surface area contributed by atoms with Gasteiger partial charge in [0.2, 0.25) is 16.8 Å². The molecular formula is C23H24N2O6S. The number of hydrogen-bond donors (Lipinski definition) is 2. The molecule has 8 nitrogen and oxygen atoms in total. The maximum atomic E-state index is 12.8. The van der Waals surface area contributed by atoms with Gasteiger partial charge in [0.1, 0.15) is 0 Å². The van der Waals surface area contributed by atoms with Crippen LogP contribution in [0.4, 0.5) is 10.5 Å². The van der Waals surface area contributed by atoms with Gasteiger partial charge in [-0.2, -0.15) is 0 Å². The summed E-state index contributed by atoms with van der Waals surface area (Å²) in [5, 5.41) is 2.82. The van der Waals surface area contributed by atoms with Crippen molar-refractivity contribution in [2.24, 2.45) is 0 Å². The molecule has 5 rings (SSSR count). The van der Waals surface area contributed by atoms with Gasteiger partial charge in [0.25, 0.3) is 0 Å². The largest absolute Gasteiger partial charge is 0.454 e. The summed E-state index contributed by atoms with van der Waals surface area (Å²) in [4.78, 5) is 24.8. The lowest BCUT2D eigenvalue weighted by Crippen LogP contribution is -2.36. The van der Waals surface area contributed by atoms with Crippen molar-refractivity contribution in [1.82, 2.24) is 4.72 Å². The number of fused-ring (bicyclic) bond motifs is 3. The Balaban J connectivity index is 1.37. The maximum Gasteiger partial charge on any atom is 0.332 e. The van der Waals surface area contributed by atoms with Crippen LogP contribution in [0.5, 0.6) is 11.5 Å². The Morgan fingerprint density at radius 3 is 2.19 bits per heavy atom. The lowest BCUT2D eigenvalue weighted by molar-refractivity contribution is 0.101. The summed E-state index contributed by atoms with van der Waals surface area (Å²) in [5.74, 6) is -0.0565. The highest BCUT2D eigenvalue weighted by Crippen LogP contribution is 2.39. The van der Waals surface area contributed by atoms with Crippen molar-refractivity contribution >= 4 is 27.5 Å². The quantitative estimate of drug-likeness (QED) is 0.669. The van der Waals surface area contributed by atoms with Gasteiger partial charge in [0, 0.05) is 11.3 Å². The number of anilines is 1. The Kier molecular flexibility index (Phi) is 5.08. The first-order chi connectivity index (χ1) is 15.3. The molecule has 2 N–H and O–H groups in total. The first kappa shape index (κ1) is 20.8. The monoisotopic (exact) mass is 456 g/mol. The Hall–Kier alpha value is -3.07. The average molecular weight is 457 g/mol. The van der Waals surface area contributed by atoms with Gasteiger partial charge < -0.3 is 14.8 Å². The Labute approximate surface area is 186 Å². The number of hydrogen-bond acceptors (Lipinski definition) is 6. The highest BCUT2D eigenvalue weighted by Gasteiger charge is 2.27. The number of aryl methyl sites for hydroxylation is 2. The number of ether oxygens (including phenoxy) is 2. The molecule has 0 saturated heterocycles. The van der Waals surface area contributed by atoms with Crippen molar-refractivity contribution in [2.75, 3.05) is 12.1 Å². The van der Waals surface area contributed by atoms with Crippen molar-refractivity contribution in [1.29, 1.82) is 0 Å². The van der Waals surface area contributed by atoms with E-state index in [-0.39, 0.29) is 23.7 Å². The second kappa shape index (κ2) is 7.81. The molecule has 2 aliphatic carbocycles. The van der Waals surface area contributed by atoms with Crippen molar-refractivity contribution < 1.29 is 27.5 Å². The topological polar surface area (TPSA) is 111 Å². The zero-order chi connectivity index (χ0) is 22.5. The number of benzene rings is 2. The van der Waals surface area contributed by atoms with E-state index in [2.05, 4.69) is 16.1 Å². The predicted octanol–water partition coefficient (Wildman–Crippen LogP) is 3.25. The standard InChI is InChI=1S/C23H24N2O6S/c1-13(26)19-10-21-20(30-12-31-21)9-16(19)11-32(28,29)25-23(27)24-22-17-6-2-4-14(17)8-15-5-3-7-18(15)22/h8-10H,2-7,11-12H2,1H3,(H2,24,25,27). The second-order valence-electron chi connectivity index (χ2n) is 8.47. The third-order valence-corrected chi connectivity index (χ3v) is 7.47. The van der Waals surface area contributed by atoms with Crippen molar-refractivity contribution in [3.63, 3.8) is 0 Å². The Morgan fingerprint density at radius 1 is 0.938 bits per heavy atom. The molecule has 0 atom stereocenters. The summed E-state index contributed by atoms with van der Waals surface area (Å²) in [6.07, 6.45) is 5.79. The van der Waals surface area contributed by atoms with Gasteiger partial charge in [-0.3, -0.25) is 4.79 Å². The smallest absolute Gasteiger partial charge is 0.332 e. The number of ketones is 1. The van der Waals surface area contributed by atoms with Crippen LogP contribution >= 0.6 is 0 Å². The van der Waals surface area contributed by atoms with Crippen LogP contribution in [0.2, 0.25) is 0 Å². The molecule has 1 heterocycles. The summed E-state index contributed by atoms with van der Waals surface area (Å²) in [6.45, 7) is 1.36. The molecule has 1 aliphatic heterocycles. The van der Waals surface area contributed by atoms with E-state index >= 15 is 0 Å². The van der Waals surface area contributed by atoms with E-state index in [0.717, 1.165) is 55.3 Å². The highest BCUT2D eigenvalue weighted by atomic mass is 32.2. The second-order valence-corrected chi connectivity index (χ2v) is 10.2. The molecule has 0 fully saturated rings. The number of rotatable bonds is 5. The van der Waals surface area contributed by atoms with Crippen molar-refractivity contribution in [2.45, 2.75) is 51.2 Å². The fourth-order valence-corrected chi connectivity index (χ4v) is 5.97. The van der Waals surface area contributed by atoms with E-state index in [0.29, 0.717) is 11.5 Å². The molecule has 0 unspecified atom stereocenters. The lowest BCUT2D eigenvalue weighted by atomic mass is 9.99. The van der Waals surface area contributed by atoms with Gasteiger partial charge in [-0.15, -0.1) is 0 Å². The van der Waals surface area contributed by atoms with Crippen LogP contribution in [0.15, 0.2) is 18.2 Å².